The molecule has 3 nitrogen and oxygen atoms in total. The number of ketones is 1. The number of Topliss-reactive ketones (excluding diaryl/α,β-unsaturated/α-hetero) is 1. The Kier molecular flexibility index (Phi) is 6.13. The predicted molar refractivity (Wildman–Crippen MR) is 148 cm³/mol. The number of hydrogen-bond acceptors (Lipinski definition) is 3. The van der Waals surface area contributed by atoms with E-state index in [1.54, 1.807) is 5.57 Å². The summed E-state index contributed by atoms with van der Waals surface area (Å²) in [4.78, 5) is 13.5. The number of carbonyl (C=O) groups is 1. The molecule has 0 spiro atoms. The minimum atomic E-state index is 0.0918. The molecule has 6 unspecified atom stereocenters. The normalized spacial score (nSPS) is 34.1. The summed E-state index contributed by atoms with van der Waals surface area (Å²) in [7, 11) is 0. The van der Waals surface area contributed by atoms with Crippen LogP contribution in [0.4, 0.5) is 0 Å². The number of benzene rings is 2. The van der Waals surface area contributed by atoms with Gasteiger partial charge in [0.25, 0.3) is 0 Å². The van der Waals surface area contributed by atoms with E-state index in [9.17, 15) is 4.79 Å². The van der Waals surface area contributed by atoms with Crippen LogP contribution in [0.3, 0.4) is 0 Å². The average molecular weight is 495 g/mol. The van der Waals surface area contributed by atoms with Gasteiger partial charge in [0.1, 0.15) is 23.9 Å². The summed E-state index contributed by atoms with van der Waals surface area (Å²) in [5.41, 5.74) is 2.96. The molecule has 0 heterocycles. The van der Waals surface area contributed by atoms with E-state index in [0.29, 0.717) is 23.5 Å². The molecule has 4 aliphatic carbocycles. The Labute approximate surface area is 221 Å². The molecule has 0 radical (unpaired) electrons. The van der Waals surface area contributed by atoms with Crippen LogP contribution in [0.5, 0.6) is 17.2 Å². The van der Waals surface area contributed by atoms with Crippen LogP contribution in [-0.2, 0) is 4.79 Å². The van der Waals surface area contributed by atoms with Crippen molar-refractivity contribution in [3.63, 3.8) is 0 Å². The Hall–Kier alpha value is -3.07. The molecule has 3 saturated carbocycles. The number of rotatable bonds is 6. The number of allylic oxidation sites excluding steroid dienone is 5. The van der Waals surface area contributed by atoms with Crippen LogP contribution in [0.2, 0.25) is 0 Å². The first-order valence-electron chi connectivity index (χ1n) is 13.9. The molecule has 2 aromatic carbocycles. The molecule has 0 N–H and O–H groups in total. The molecule has 37 heavy (non-hydrogen) atoms. The Morgan fingerprint density at radius 1 is 0.919 bits per heavy atom. The van der Waals surface area contributed by atoms with E-state index < -0.39 is 0 Å². The van der Waals surface area contributed by atoms with Gasteiger partial charge in [-0.2, -0.15) is 0 Å². The molecule has 0 aliphatic heterocycles. The fourth-order valence-corrected chi connectivity index (χ4v) is 8.29. The van der Waals surface area contributed by atoms with Crippen molar-refractivity contribution in [1.82, 2.24) is 0 Å². The standard InChI is InChI=1S/C34H38O3/c1-23-17-19-33(2)24(21-23)9-14-28-29-15-16-31(34(29,3)20-18-30(28)33)32(35)22-36-25-10-12-27(13-11-25)37-26-7-5-4-6-8-26/h4-8,10-13,17,19,21,28-31H,1,9,14-16,18,20,22H2,2-3H3. The monoisotopic (exact) mass is 494 g/mol. The Balaban J connectivity index is 1.10. The molecule has 0 amide bonds. The van der Waals surface area contributed by atoms with Crippen molar-refractivity contribution in [3.05, 3.63) is 90.6 Å². The van der Waals surface area contributed by atoms with Gasteiger partial charge >= 0.3 is 0 Å². The number of carbonyl (C=O) groups excluding carboxylic acids is 1. The maximum Gasteiger partial charge on any atom is 0.173 e. The number of hydrogen-bond donors (Lipinski definition) is 0. The topological polar surface area (TPSA) is 35.5 Å². The summed E-state index contributed by atoms with van der Waals surface area (Å²) >= 11 is 0. The molecular weight excluding hydrogens is 456 g/mol. The quantitative estimate of drug-likeness (QED) is 0.405. The van der Waals surface area contributed by atoms with Gasteiger partial charge in [-0.15, -0.1) is 0 Å². The molecular formula is C34H38O3. The van der Waals surface area contributed by atoms with Crippen molar-refractivity contribution in [2.45, 2.75) is 52.4 Å². The molecule has 0 aromatic heterocycles. The first-order chi connectivity index (χ1) is 17.9. The SMILES string of the molecule is C=C1C=CC2(C)C(=C1)CCC1C2CCC2(C)C(C(=O)COc3ccc(Oc4ccccc4)cc3)CCC12. The van der Waals surface area contributed by atoms with Crippen LogP contribution in [0.1, 0.15) is 52.4 Å². The van der Waals surface area contributed by atoms with E-state index in [1.807, 2.05) is 54.6 Å². The third-order valence-electron chi connectivity index (χ3n) is 10.2. The predicted octanol–water partition coefficient (Wildman–Crippen LogP) is 8.34. The van der Waals surface area contributed by atoms with Crippen LogP contribution in [0.25, 0.3) is 0 Å². The zero-order valence-electron chi connectivity index (χ0n) is 22.1. The van der Waals surface area contributed by atoms with Crippen molar-refractivity contribution in [3.8, 4) is 17.2 Å². The lowest BCUT2D eigenvalue weighted by atomic mass is 9.47. The molecule has 6 rings (SSSR count). The highest BCUT2D eigenvalue weighted by atomic mass is 16.5. The van der Waals surface area contributed by atoms with Gasteiger partial charge in [0.15, 0.2) is 5.78 Å². The molecule has 192 valence electrons. The third-order valence-corrected chi connectivity index (χ3v) is 10.2. The second-order valence-corrected chi connectivity index (χ2v) is 12.1. The highest BCUT2D eigenvalue weighted by Crippen LogP contribution is 2.66. The number of para-hydroxylation sites is 1. The molecule has 2 aromatic rings. The van der Waals surface area contributed by atoms with Crippen molar-refractivity contribution < 1.29 is 14.3 Å². The van der Waals surface area contributed by atoms with Gasteiger partial charge in [0, 0.05) is 11.3 Å². The van der Waals surface area contributed by atoms with E-state index in [0.717, 1.165) is 29.9 Å². The van der Waals surface area contributed by atoms with Gasteiger partial charge in [-0.05, 0) is 104 Å². The van der Waals surface area contributed by atoms with Gasteiger partial charge in [0.05, 0.1) is 0 Å². The van der Waals surface area contributed by atoms with Crippen LogP contribution >= 0.6 is 0 Å². The Morgan fingerprint density at radius 3 is 2.43 bits per heavy atom. The van der Waals surface area contributed by atoms with Gasteiger partial charge < -0.3 is 9.47 Å². The van der Waals surface area contributed by atoms with Gasteiger partial charge in [-0.25, -0.2) is 0 Å². The summed E-state index contributed by atoms with van der Waals surface area (Å²) < 4.78 is 11.9. The van der Waals surface area contributed by atoms with Crippen molar-refractivity contribution in [1.29, 1.82) is 0 Å². The fourth-order valence-electron chi connectivity index (χ4n) is 8.29. The summed E-state index contributed by atoms with van der Waals surface area (Å²) in [6, 6.07) is 17.3. The Bertz CT molecular complexity index is 1240. The maximum atomic E-state index is 13.5. The second kappa shape index (κ2) is 9.35. The summed E-state index contributed by atoms with van der Waals surface area (Å²) in [6.45, 7) is 9.18. The summed E-state index contributed by atoms with van der Waals surface area (Å²) in [6.07, 6.45) is 13.9. The van der Waals surface area contributed by atoms with Crippen LogP contribution in [0.15, 0.2) is 90.6 Å². The maximum absolute atomic E-state index is 13.5. The van der Waals surface area contributed by atoms with Gasteiger partial charge in [-0.1, -0.05) is 62.4 Å². The highest BCUT2D eigenvalue weighted by Gasteiger charge is 2.59. The third kappa shape index (κ3) is 4.27. The van der Waals surface area contributed by atoms with Crippen LogP contribution in [-0.4, -0.2) is 12.4 Å². The highest BCUT2D eigenvalue weighted by molar-refractivity contribution is 5.83. The molecule has 0 bridgehead atoms. The minimum Gasteiger partial charge on any atom is -0.486 e. The van der Waals surface area contributed by atoms with E-state index in [2.05, 4.69) is 38.7 Å². The minimum absolute atomic E-state index is 0.0918. The van der Waals surface area contributed by atoms with E-state index in [4.69, 9.17) is 9.47 Å². The smallest absolute Gasteiger partial charge is 0.173 e. The summed E-state index contributed by atoms with van der Waals surface area (Å²) in [5.74, 6) is 4.65. The number of fused-ring (bicyclic) bond motifs is 5. The molecule has 3 fully saturated rings. The van der Waals surface area contributed by atoms with E-state index >= 15 is 0 Å². The van der Waals surface area contributed by atoms with Crippen LogP contribution in [0, 0.1) is 34.5 Å². The van der Waals surface area contributed by atoms with Gasteiger partial charge in [0.2, 0.25) is 0 Å². The average Bonchev–Trinajstić information content (AvgIpc) is 3.26. The van der Waals surface area contributed by atoms with E-state index in [1.165, 1.54) is 25.7 Å². The lowest BCUT2D eigenvalue weighted by molar-refractivity contribution is -0.131. The fraction of sp³-hybridized carbons (Fsp3) is 0.441. The van der Waals surface area contributed by atoms with E-state index in [-0.39, 0.29) is 29.1 Å². The lowest BCUT2D eigenvalue weighted by Crippen LogP contribution is -2.50. The molecule has 4 aliphatic rings. The first kappa shape index (κ1) is 24.3. The lowest BCUT2D eigenvalue weighted by Gasteiger charge is -2.57. The summed E-state index contributed by atoms with van der Waals surface area (Å²) in [5, 5.41) is 0. The largest absolute Gasteiger partial charge is 0.486 e. The second-order valence-electron chi connectivity index (χ2n) is 12.1. The molecule has 3 heteroatoms. The Morgan fingerprint density at radius 2 is 1.65 bits per heavy atom. The molecule has 6 atom stereocenters. The zero-order valence-corrected chi connectivity index (χ0v) is 22.1. The zero-order chi connectivity index (χ0) is 25.6. The first-order valence-corrected chi connectivity index (χ1v) is 13.9. The van der Waals surface area contributed by atoms with Crippen molar-refractivity contribution in [2.24, 2.45) is 34.5 Å². The van der Waals surface area contributed by atoms with Crippen molar-refractivity contribution in [2.75, 3.05) is 6.61 Å². The van der Waals surface area contributed by atoms with Crippen LogP contribution < -0.4 is 9.47 Å². The van der Waals surface area contributed by atoms with Crippen molar-refractivity contribution >= 4 is 5.78 Å². The number of ether oxygens (including phenoxy) is 2. The van der Waals surface area contributed by atoms with Gasteiger partial charge in [-0.3, -0.25) is 4.79 Å². The molecule has 0 saturated heterocycles.